The molecule has 7 nitrogen and oxygen atoms in total. The summed E-state index contributed by atoms with van der Waals surface area (Å²) in [7, 11) is 1.46. The summed E-state index contributed by atoms with van der Waals surface area (Å²) in [6, 6.07) is 11.1. The molecule has 6 rings (SSSR count). The third kappa shape index (κ3) is 3.32. The summed E-state index contributed by atoms with van der Waals surface area (Å²) in [5.74, 6) is 0.632. The van der Waals surface area contributed by atoms with Crippen LogP contribution in [-0.4, -0.2) is 39.8 Å². The SMILES string of the molecule is COc1cccc(-c2cnc(N3CCC4(CC3)Cc3ncccc3[C@H]4N)c3ccnn23)c1F.Cl. The van der Waals surface area contributed by atoms with Gasteiger partial charge >= 0.3 is 0 Å². The van der Waals surface area contributed by atoms with Crippen LogP contribution in [0.1, 0.15) is 30.1 Å². The van der Waals surface area contributed by atoms with Crippen molar-refractivity contribution in [2.45, 2.75) is 25.3 Å². The Labute approximate surface area is 203 Å². The number of nitrogens with two attached hydrogens (primary N) is 1. The molecule has 0 saturated carbocycles. The van der Waals surface area contributed by atoms with Crippen molar-refractivity contribution in [2.24, 2.45) is 11.1 Å². The first-order valence-corrected chi connectivity index (χ1v) is 11.2. The first kappa shape index (κ1) is 22.6. The Kier molecular flexibility index (Phi) is 5.65. The molecule has 2 aliphatic rings. The molecular formula is C25H26ClFN6O. The number of pyridine rings is 1. The van der Waals surface area contributed by atoms with Crippen molar-refractivity contribution in [3.63, 3.8) is 0 Å². The van der Waals surface area contributed by atoms with Crippen LogP contribution in [-0.2, 0) is 6.42 Å². The van der Waals surface area contributed by atoms with Gasteiger partial charge in [0.2, 0.25) is 0 Å². The highest BCUT2D eigenvalue weighted by Crippen LogP contribution is 2.50. The Morgan fingerprint density at radius 1 is 1.09 bits per heavy atom. The van der Waals surface area contributed by atoms with E-state index in [-0.39, 0.29) is 29.6 Å². The smallest absolute Gasteiger partial charge is 0.174 e. The van der Waals surface area contributed by atoms with E-state index in [1.807, 2.05) is 18.3 Å². The minimum Gasteiger partial charge on any atom is -0.494 e. The number of rotatable bonds is 3. The Balaban J connectivity index is 0.00000241. The maximum atomic E-state index is 14.9. The Bertz CT molecular complexity index is 1350. The number of aromatic nitrogens is 4. The highest BCUT2D eigenvalue weighted by Gasteiger charge is 2.46. The van der Waals surface area contributed by atoms with Gasteiger partial charge in [-0.25, -0.2) is 13.9 Å². The largest absolute Gasteiger partial charge is 0.494 e. The molecule has 0 unspecified atom stereocenters. The van der Waals surface area contributed by atoms with Crippen molar-refractivity contribution < 1.29 is 9.13 Å². The van der Waals surface area contributed by atoms with Gasteiger partial charge < -0.3 is 15.4 Å². The van der Waals surface area contributed by atoms with Crippen molar-refractivity contribution in [1.29, 1.82) is 0 Å². The average Bonchev–Trinajstić information content (AvgIpc) is 3.44. The molecule has 1 saturated heterocycles. The van der Waals surface area contributed by atoms with E-state index >= 15 is 0 Å². The molecule has 0 bridgehead atoms. The summed E-state index contributed by atoms with van der Waals surface area (Å²) in [6.45, 7) is 1.70. The molecule has 2 N–H and O–H groups in total. The number of piperidine rings is 1. The van der Waals surface area contributed by atoms with Crippen molar-refractivity contribution in [1.82, 2.24) is 19.6 Å². The summed E-state index contributed by atoms with van der Waals surface area (Å²) in [4.78, 5) is 11.6. The van der Waals surface area contributed by atoms with Gasteiger partial charge in [-0.2, -0.15) is 5.10 Å². The standard InChI is InChI=1S/C25H25FN6O.ClH/c1-33-21-6-2-4-17(22(21)26)20-15-29-24(19-7-11-30-32(19)20)31-12-8-25(9-13-31)14-18-16(23(25)27)5-3-10-28-18;/h2-7,10-11,15,23H,8-9,12-14,27H2,1H3;1H/t23-;/m1./s1. The summed E-state index contributed by atoms with van der Waals surface area (Å²) in [5, 5.41) is 4.47. The minimum atomic E-state index is -0.422. The molecule has 1 aliphatic heterocycles. The molecule has 0 amide bonds. The summed E-state index contributed by atoms with van der Waals surface area (Å²) < 4.78 is 21.9. The van der Waals surface area contributed by atoms with E-state index in [1.54, 1.807) is 35.1 Å². The summed E-state index contributed by atoms with van der Waals surface area (Å²) in [6.07, 6.45) is 8.15. The van der Waals surface area contributed by atoms with Crippen LogP contribution in [0.3, 0.4) is 0 Å². The molecule has 3 aromatic heterocycles. The van der Waals surface area contributed by atoms with E-state index in [1.165, 1.54) is 12.7 Å². The zero-order valence-corrected chi connectivity index (χ0v) is 19.6. The predicted octanol–water partition coefficient (Wildman–Crippen LogP) is 4.20. The Morgan fingerprint density at radius 3 is 2.68 bits per heavy atom. The van der Waals surface area contributed by atoms with Crippen LogP contribution in [0.25, 0.3) is 16.8 Å². The number of ether oxygens (including phenoxy) is 1. The van der Waals surface area contributed by atoms with E-state index in [0.29, 0.717) is 11.3 Å². The Morgan fingerprint density at radius 2 is 1.91 bits per heavy atom. The van der Waals surface area contributed by atoms with Gasteiger partial charge in [-0.1, -0.05) is 12.1 Å². The summed E-state index contributed by atoms with van der Waals surface area (Å²) >= 11 is 0. The van der Waals surface area contributed by atoms with Crippen molar-refractivity contribution in [2.75, 3.05) is 25.1 Å². The lowest BCUT2D eigenvalue weighted by Crippen LogP contribution is -2.44. The zero-order valence-electron chi connectivity index (χ0n) is 18.8. The molecule has 9 heteroatoms. The molecule has 4 aromatic rings. The lowest BCUT2D eigenvalue weighted by atomic mass is 9.73. The van der Waals surface area contributed by atoms with Crippen LogP contribution in [0.4, 0.5) is 10.2 Å². The normalized spacial score (nSPS) is 18.7. The number of hydrogen-bond acceptors (Lipinski definition) is 6. The number of fused-ring (bicyclic) bond motifs is 2. The second kappa shape index (κ2) is 8.52. The van der Waals surface area contributed by atoms with E-state index in [9.17, 15) is 4.39 Å². The highest BCUT2D eigenvalue weighted by molar-refractivity contribution is 5.85. The van der Waals surface area contributed by atoms with E-state index in [2.05, 4.69) is 21.0 Å². The first-order chi connectivity index (χ1) is 16.1. The van der Waals surface area contributed by atoms with Gasteiger partial charge in [0.25, 0.3) is 0 Å². The number of halogens is 2. The van der Waals surface area contributed by atoms with Gasteiger partial charge in [0, 0.05) is 36.6 Å². The molecule has 1 aliphatic carbocycles. The molecule has 1 aromatic carbocycles. The van der Waals surface area contributed by atoms with Gasteiger partial charge in [0.05, 0.1) is 25.2 Å². The van der Waals surface area contributed by atoms with E-state index in [0.717, 1.165) is 49.4 Å². The number of nitrogens with zero attached hydrogens (tertiary/aromatic N) is 5. The molecule has 1 fully saturated rings. The van der Waals surface area contributed by atoms with Crippen LogP contribution in [0, 0.1) is 11.2 Å². The fourth-order valence-corrected chi connectivity index (χ4v) is 5.51. The van der Waals surface area contributed by atoms with Gasteiger partial charge in [0.1, 0.15) is 5.52 Å². The number of benzene rings is 1. The quantitative estimate of drug-likeness (QED) is 0.473. The second-order valence-electron chi connectivity index (χ2n) is 8.96. The zero-order chi connectivity index (χ0) is 22.6. The molecule has 176 valence electrons. The molecule has 1 atom stereocenters. The fourth-order valence-electron chi connectivity index (χ4n) is 5.51. The minimum absolute atomic E-state index is 0. The fraction of sp³-hybridized carbons (Fsp3) is 0.320. The van der Waals surface area contributed by atoms with Gasteiger partial charge in [0.15, 0.2) is 17.4 Å². The Hall–Kier alpha value is -3.23. The third-order valence-electron chi connectivity index (χ3n) is 7.37. The number of methoxy groups -OCH3 is 1. The number of anilines is 1. The van der Waals surface area contributed by atoms with Crippen molar-refractivity contribution in [3.05, 3.63) is 72.1 Å². The molecule has 0 radical (unpaired) electrons. The van der Waals surface area contributed by atoms with Crippen molar-refractivity contribution in [3.8, 4) is 17.0 Å². The molecule has 1 spiro atoms. The van der Waals surface area contributed by atoms with Crippen LogP contribution >= 0.6 is 12.4 Å². The van der Waals surface area contributed by atoms with Crippen LogP contribution in [0.5, 0.6) is 5.75 Å². The molecule has 34 heavy (non-hydrogen) atoms. The monoisotopic (exact) mass is 480 g/mol. The maximum Gasteiger partial charge on any atom is 0.174 e. The maximum absolute atomic E-state index is 14.9. The second-order valence-corrected chi connectivity index (χ2v) is 8.96. The lowest BCUT2D eigenvalue weighted by Gasteiger charge is -2.42. The average molecular weight is 481 g/mol. The van der Waals surface area contributed by atoms with Crippen LogP contribution in [0.2, 0.25) is 0 Å². The lowest BCUT2D eigenvalue weighted by molar-refractivity contribution is 0.187. The first-order valence-electron chi connectivity index (χ1n) is 11.2. The van der Waals surface area contributed by atoms with E-state index in [4.69, 9.17) is 15.5 Å². The van der Waals surface area contributed by atoms with Crippen molar-refractivity contribution >= 4 is 23.7 Å². The van der Waals surface area contributed by atoms with Gasteiger partial charge in [-0.15, -0.1) is 12.4 Å². The van der Waals surface area contributed by atoms with Gasteiger partial charge in [-0.3, -0.25) is 4.98 Å². The topological polar surface area (TPSA) is 81.6 Å². The predicted molar refractivity (Wildman–Crippen MR) is 131 cm³/mol. The van der Waals surface area contributed by atoms with Crippen LogP contribution in [0.15, 0.2) is 55.0 Å². The number of hydrogen-bond donors (Lipinski definition) is 1. The van der Waals surface area contributed by atoms with E-state index < -0.39 is 5.82 Å². The highest BCUT2D eigenvalue weighted by atomic mass is 35.5. The molecule has 4 heterocycles. The van der Waals surface area contributed by atoms with Crippen LogP contribution < -0.4 is 15.4 Å². The molecular weight excluding hydrogens is 455 g/mol. The summed E-state index contributed by atoms with van der Waals surface area (Å²) in [5.41, 5.74) is 10.9. The third-order valence-corrected chi connectivity index (χ3v) is 7.37. The van der Waals surface area contributed by atoms with Gasteiger partial charge in [-0.05, 0) is 54.5 Å².